The number of aromatic nitrogens is 2. The molecule has 1 aromatic heterocycles. The summed E-state index contributed by atoms with van der Waals surface area (Å²) in [7, 11) is 1.82. The molecule has 0 radical (unpaired) electrons. The van der Waals surface area contributed by atoms with E-state index in [1.807, 2.05) is 13.2 Å². The largest absolute Gasteiger partial charge is 0.462 e. The Hall–Kier alpha value is -2.70. The van der Waals surface area contributed by atoms with Crippen LogP contribution in [0.5, 0.6) is 0 Å². The van der Waals surface area contributed by atoms with Crippen molar-refractivity contribution >= 4 is 24.1 Å². The summed E-state index contributed by atoms with van der Waals surface area (Å²) in [6.07, 6.45) is 7.65. The molecule has 2 N–H and O–H groups in total. The number of aryl methyl sites for hydroxylation is 1. The molecule has 0 saturated carbocycles. The van der Waals surface area contributed by atoms with Gasteiger partial charge < -0.3 is 15.5 Å². The summed E-state index contributed by atoms with van der Waals surface area (Å²) in [5.74, 6) is -0.547. The number of hydrogen-bond acceptors (Lipinski definition) is 6. The highest BCUT2D eigenvalue weighted by atomic mass is 16.5. The molecule has 1 aliphatic rings. The third kappa shape index (κ3) is 2.82. The second-order valence-corrected chi connectivity index (χ2v) is 4.03. The first-order valence-electron chi connectivity index (χ1n) is 6.07. The number of carbonyl (C=O) groups is 1. The molecule has 2 rings (SSSR count). The number of ether oxygens (including phenoxy) is 1. The van der Waals surface area contributed by atoms with Crippen LogP contribution in [-0.4, -0.2) is 34.8 Å². The van der Waals surface area contributed by atoms with Crippen LogP contribution >= 0.6 is 0 Å². The highest BCUT2D eigenvalue weighted by Gasteiger charge is 2.15. The van der Waals surface area contributed by atoms with Gasteiger partial charge in [0.1, 0.15) is 5.57 Å². The molecular weight excluding hydrogens is 258 g/mol. The molecule has 0 amide bonds. The van der Waals surface area contributed by atoms with Crippen LogP contribution in [0.3, 0.4) is 0 Å². The van der Waals surface area contributed by atoms with Crippen LogP contribution in [0.2, 0.25) is 0 Å². The number of hydrogen-bond donors (Lipinski definition) is 2. The van der Waals surface area contributed by atoms with E-state index in [4.69, 9.17) is 10.1 Å². The number of rotatable bonds is 4. The number of allylic oxidation sites excluding steroid dienone is 1. The minimum absolute atomic E-state index is 0.136. The maximum absolute atomic E-state index is 11.7. The Balaban J connectivity index is 2.21. The maximum atomic E-state index is 11.7. The standard InChI is InChI=1S/C13H15N5O2/c1-3-20-13(19)10(4-14)12-7-15-11(6-16-12)9-5-17-18(2)8-9/h4-8,14,16H,3H2,1-2H3/b12-10+,14-4?. The van der Waals surface area contributed by atoms with Crippen LogP contribution in [0, 0.1) is 5.41 Å². The molecule has 7 heteroatoms. The molecule has 0 atom stereocenters. The van der Waals surface area contributed by atoms with Gasteiger partial charge >= 0.3 is 5.97 Å². The number of nitrogens with zero attached hydrogens (tertiary/aromatic N) is 3. The zero-order valence-electron chi connectivity index (χ0n) is 11.3. The van der Waals surface area contributed by atoms with E-state index in [-0.39, 0.29) is 12.2 Å². The second-order valence-electron chi connectivity index (χ2n) is 4.03. The number of carbonyl (C=O) groups excluding carboxylic acids is 1. The van der Waals surface area contributed by atoms with Gasteiger partial charge in [-0.15, -0.1) is 0 Å². The fourth-order valence-corrected chi connectivity index (χ4v) is 1.67. The summed E-state index contributed by atoms with van der Waals surface area (Å²) >= 11 is 0. The highest BCUT2D eigenvalue weighted by Crippen LogP contribution is 2.17. The summed E-state index contributed by atoms with van der Waals surface area (Å²) in [6.45, 7) is 1.98. The van der Waals surface area contributed by atoms with E-state index >= 15 is 0 Å². The van der Waals surface area contributed by atoms with Crippen LogP contribution < -0.4 is 5.32 Å². The summed E-state index contributed by atoms with van der Waals surface area (Å²) in [6, 6.07) is 0. The van der Waals surface area contributed by atoms with E-state index in [1.165, 1.54) is 6.21 Å². The van der Waals surface area contributed by atoms with Gasteiger partial charge in [-0.2, -0.15) is 5.10 Å². The molecule has 2 heterocycles. The fraction of sp³-hybridized carbons (Fsp3) is 0.231. The monoisotopic (exact) mass is 273 g/mol. The maximum Gasteiger partial charge on any atom is 0.341 e. The number of nitrogens with one attached hydrogen (secondary N) is 2. The predicted molar refractivity (Wildman–Crippen MR) is 75.3 cm³/mol. The van der Waals surface area contributed by atoms with Gasteiger partial charge in [0, 0.05) is 31.2 Å². The molecule has 0 saturated heterocycles. The van der Waals surface area contributed by atoms with Crippen molar-refractivity contribution in [1.82, 2.24) is 15.1 Å². The summed E-state index contributed by atoms with van der Waals surface area (Å²) in [5, 5.41) is 14.3. The van der Waals surface area contributed by atoms with Crippen molar-refractivity contribution in [3.05, 3.63) is 35.4 Å². The molecule has 0 spiro atoms. The Bertz CT molecular complexity index is 624. The van der Waals surface area contributed by atoms with Crippen LogP contribution in [0.15, 0.2) is 34.9 Å². The molecule has 7 nitrogen and oxygen atoms in total. The Morgan fingerprint density at radius 2 is 2.40 bits per heavy atom. The average Bonchev–Trinajstić information content (AvgIpc) is 2.87. The zero-order valence-corrected chi connectivity index (χ0v) is 11.3. The molecule has 0 fully saturated rings. The van der Waals surface area contributed by atoms with Gasteiger partial charge in [-0.1, -0.05) is 0 Å². The molecule has 104 valence electrons. The second kappa shape index (κ2) is 5.96. The van der Waals surface area contributed by atoms with Gasteiger partial charge in [-0.25, -0.2) is 4.79 Å². The number of aliphatic imine (C=N–C) groups is 1. The van der Waals surface area contributed by atoms with Crippen molar-refractivity contribution in [1.29, 1.82) is 5.41 Å². The van der Waals surface area contributed by atoms with E-state index in [0.717, 1.165) is 11.8 Å². The van der Waals surface area contributed by atoms with Crippen LogP contribution in [0.25, 0.3) is 5.70 Å². The highest BCUT2D eigenvalue weighted by molar-refractivity contribution is 6.13. The van der Waals surface area contributed by atoms with E-state index in [1.54, 1.807) is 24.0 Å². The van der Waals surface area contributed by atoms with Gasteiger partial charge in [0.15, 0.2) is 0 Å². The zero-order chi connectivity index (χ0) is 14.5. The molecule has 0 bridgehead atoms. The van der Waals surface area contributed by atoms with Crippen molar-refractivity contribution < 1.29 is 9.53 Å². The van der Waals surface area contributed by atoms with E-state index in [0.29, 0.717) is 11.4 Å². The Morgan fingerprint density at radius 3 is 2.90 bits per heavy atom. The SMILES string of the molecule is CCOC(=O)/C(C=N)=C1\C=NC(c2cnn(C)c2)=CN1. The van der Waals surface area contributed by atoms with Crippen LogP contribution in [0.1, 0.15) is 12.5 Å². The summed E-state index contributed by atoms with van der Waals surface area (Å²) < 4.78 is 6.56. The van der Waals surface area contributed by atoms with Gasteiger partial charge in [0.05, 0.1) is 30.4 Å². The minimum atomic E-state index is -0.547. The smallest absolute Gasteiger partial charge is 0.341 e. The van der Waals surface area contributed by atoms with Gasteiger partial charge in [0.25, 0.3) is 0 Å². The molecule has 0 aliphatic carbocycles. The van der Waals surface area contributed by atoms with E-state index in [2.05, 4.69) is 15.4 Å². The molecule has 0 unspecified atom stereocenters. The normalized spacial score (nSPS) is 16.2. The lowest BCUT2D eigenvalue weighted by atomic mass is 10.2. The molecule has 0 aromatic carbocycles. The van der Waals surface area contributed by atoms with Crippen molar-refractivity contribution in [2.24, 2.45) is 12.0 Å². The van der Waals surface area contributed by atoms with Crippen molar-refractivity contribution in [3.8, 4) is 0 Å². The predicted octanol–water partition coefficient (Wildman–Crippen LogP) is 0.859. The average molecular weight is 273 g/mol. The lowest BCUT2D eigenvalue weighted by Gasteiger charge is -2.12. The van der Waals surface area contributed by atoms with E-state index in [9.17, 15) is 4.79 Å². The van der Waals surface area contributed by atoms with Gasteiger partial charge in [-0.05, 0) is 6.92 Å². The van der Waals surface area contributed by atoms with Gasteiger partial charge in [-0.3, -0.25) is 9.67 Å². The Labute approximate surface area is 116 Å². The molecule has 1 aromatic rings. The minimum Gasteiger partial charge on any atom is -0.462 e. The topological polar surface area (TPSA) is 92.4 Å². The lowest BCUT2D eigenvalue weighted by Crippen LogP contribution is -2.20. The first-order valence-corrected chi connectivity index (χ1v) is 6.07. The van der Waals surface area contributed by atoms with Crippen molar-refractivity contribution in [2.45, 2.75) is 6.92 Å². The van der Waals surface area contributed by atoms with Crippen LogP contribution in [-0.2, 0) is 16.6 Å². The third-order valence-corrected chi connectivity index (χ3v) is 2.63. The van der Waals surface area contributed by atoms with Crippen molar-refractivity contribution in [2.75, 3.05) is 6.61 Å². The van der Waals surface area contributed by atoms with Crippen LogP contribution in [0.4, 0.5) is 0 Å². The first kappa shape index (κ1) is 13.7. The first-order chi connectivity index (χ1) is 9.65. The Morgan fingerprint density at radius 1 is 1.60 bits per heavy atom. The number of esters is 1. The van der Waals surface area contributed by atoms with Gasteiger partial charge in [0.2, 0.25) is 0 Å². The quantitative estimate of drug-likeness (QED) is 0.483. The van der Waals surface area contributed by atoms with E-state index < -0.39 is 5.97 Å². The summed E-state index contributed by atoms with van der Waals surface area (Å²) in [4.78, 5) is 15.9. The molecular formula is C13H15N5O2. The fourth-order valence-electron chi connectivity index (χ4n) is 1.67. The molecule has 20 heavy (non-hydrogen) atoms. The summed E-state index contributed by atoms with van der Waals surface area (Å²) in [5.41, 5.74) is 2.14. The molecule has 1 aliphatic heterocycles. The Kier molecular flexibility index (Phi) is 4.09. The third-order valence-electron chi connectivity index (χ3n) is 2.63. The van der Waals surface area contributed by atoms with Crippen molar-refractivity contribution in [3.63, 3.8) is 0 Å². The lowest BCUT2D eigenvalue weighted by molar-refractivity contribution is -0.137.